The number of nitrogens with two attached hydrogens (primary N) is 1. The van der Waals surface area contributed by atoms with Crippen LogP contribution >= 0.6 is 0 Å². The molecule has 2 rings (SSSR count). The largest absolute Gasteiger partial charge is 0.376 e. The summed E-state index contributed by atoms with van der Waals surface area (Å²) in [4.78, 5) is 0. The van der Waals surface area contributed by atoms with Crippen molar-refractivity contribution in [2.24, 2.45) is 5.73 Å². The molecule has 0 radical (unpaired) electrons. The maximum Gasteiger partial charge on any atom is 0.0768 e. The zero-order valence-corrected chi connectivity index (χ0v) is 12.3. The van der Waals surface area contributed by atoms with E-state index in [1.165, 1.54) is 33.4 Å². The van der Waals surface area contributed by atoms with Crippen LogP contribution in [0, 0.1) is 34.6 Å². The quantitative estimate of drug-likeness (QED) is 0.869. The molecule has 2 unspecified atom stereocenters. The van der Waals surface area contributed by atoms with E-state index in [1.807, 2.05) is 0 Å². The average Bonchev–Trinajstić information content (AvgIpc) is 2.88. The Hall–Kier alpha value is -0.860. The van der Waals surface area contributed by atoms with Crippen LogP contribution in [0.25, 0.3) is 0 Å². The van der Waals surface area contributed by atoms with Crippen LogP contribution in [0.15, 0.2) is 0 Å². The Balaban J connectivity index is 2.49. The smallest absolute Gasteiger partial charge is 0.0768 e. The Bertz CT molecular complexity index is 430. The van der Waals surface area contributed by atoms with Crippen LogP contribution in [-0.4, -0.2) is 12.7 Å². The van der Waals surface area contributed by atoms with Gasteiger partial charge in [-0.25, -0.2) is 0 Å². The van der Waals surface area contributed by atoms with E-state index in [0.717, 1.165) is 19.4 Å². The first-order valence-electron chi connectivity index (χ1n) is 6.89. The van der Waals surface area contributed by atoms with Gasteiger partial charge in [0, 0.05) is 6.61 Å². The summed E-state index contributed by atoms with van der Waals surface area (Å²) in [6, 6.07) is 0.0190. The fourth-order valence-corrected chi connectivity index (χ4v) is 3.10. The van der Waals surface area contributed by atoms with Gasteiger partial charge in [0.15, 0.2) is 0 Å². The monoisotopic (exact) mass is 247 g/mol. The molecule has 18 heavy (non-hydrogen) atoms. The number of hydrogen-bond donors (Lipinski definition) is 1. The van der Waals surface area contributed by atoms with Crippen LogP contribution in [0.3, 0.4) is 0 Å². The Morgan fingerprint density at radius 3 is 1.89 bits per heavy atom. The van der Waals surface area contributed by atoms with Gasteiger partial charge in [0.2, 0.25) is 0 Å². The van der Waals surface area contributed by atoms with E-state index in [4.69, 9.17) is 10.5 Å². The van der Waals surface area contributed by atoms with Crippen molar-refractivity contribution in [1.29, 1.82) is 0 Å². The molecule has 2 N–H and O–H groups in total. The molecule has 0 aromatic heterocycles. The second-order valence-corrected chi connectivity index (χ2v) is 5.62. The van der Waals surface area contributed by atoms with Gasteiger partial charge < -0.3 is 10.5 Å². The maximum atomic E-state index is 6.46. The summed E-state index contributed by atoms with van der Waals surface area (Å²) in [5, 5.41) is 0. The van der Waals surface area contributed by atoms with Gasteiger partial charge in [-0.3, -0.25) is 0 Å². The zero-order valence-electron chi connectivity index (χ0n) is 12.3. The summed E-state index contributed by atoms with van der Waals surface area (Å²) in [5.41, 5.74) is 14.6. The fraction of sp³-hybridized carbons (Fsp3) is 0.625. The molecule has 1 heterocycles. The summed E-state index contributed by atoms with van der Waals surface area (Å²) in [6.45, 7) is 11.8. The second kappa shape index (κ2) is 5.02. The molecule has 1 aromatic rings. The molecule has 0 spiro atoms. The van der Waals surface area contributed by atoms with Gasteiger partial charge in [0.1, 0.15) is 0 Å². The van der Waals surface area contributed by atoms with E-state index in [0.29, 0.717) is 0 Å². The van der Waals surface area contributed by atoms with Gasteiger partial charge in [-0.1, -0.05) is 0 Å². The van der Waals surface area contributed by atoms with Crippen molar-refractivity contribution in [2.75, 3.05) is 6.61 Å². The molecule has 1 aliphatic rings. The SMILES string of the molecule is Cc1c(C)c(C)c(C(N)C2CCCO2)c(C)c1C. The van der Waals surface area contributed by atoms with Gasteiger partial charge in [0.25, 0.3) is 0 Å². The van der Waals surface area contributed by atoms with Crippen molar-refractivity contribution >= 4 is 0 Å². The first-order chi connectivity index (χ1) is 8.45. The van der Waals surface area contributed by atoms with Crippen molar-refractivity contribution in [3.05, 3.63) is 33.4 Å². The van der Waals surface area contributed by atoms with E-state index in [9.17, 15) is 0 Å². The predicted molar refractivity (Wildman–Crippen MR) is 76.0 cm³/mol. The minimum atomic E-state index is 0.0190. The lowest BCUT2D eigenvalue weighted by atomic mass is 9.84. The maximum absolute atomic E-state index is 6.46. The fourth-order valence-electron chi connectivity index (χ4n) is 3.10. The molecule has 1 fully saturated rings. The molecule has 1 aliphatic heterocycles. The van der Waals surface area contributed by atoms with Crippen LogP contribution in [-0.2, 0) is 4.74 Å². The summed E-state index contributed by atoms with van der Waals surface area (Å²) >= 11 is 0. The summed E-state index contributed by atoms with van der Waals surface area (Å²) in [5.74, 6) is 0. The molecular weight excluding hydrogens is 222 g/mol. The van der Waals surface area contributed by atoms with Gasteiger partial charge in [-0.15, -0.1) is 0 Å². The summed E-state index contributed by atoms with van der Waals surface area (Å²) in [6.07, 6.45) is 2.43. The molecular formula is C16H25NO. The normalized spacial score (nSPS) is 21.3. The van der Waals surface area contributed by atoms with E-state index in [1.54, 1.807) is 0 Å². The van der Waals surface area contributed by atoms with Crippen LogP contribution in [0.1, 0.15) is 52.3 Å². The van der Waals surface area contributed by atoms with Crippen LogP contribution in [0.2, 0.25) is 0 Å². The lowest BCUT2D eigenvalue weighted by molar-refractivity contribution is 0.0896. The minimum absolute atomic E-state index is 0.0190. The zero-order chi connectivity index (χ0) is 13.4. The van der Waals surface area contributed by atoms with E-state index in [-0.39, 0.29) is 12.1 Å². The number of ether oxygens (including phenoxy) is 1. The third-order valence-electron chi connectivity index (χ3n) is 4.76. The standard InChI is InChI=1S/C16H25NO/c1-9-10(2)12(4)15(13(5)11(9)3)16(17)14-7-6-8-18-14/h14,16H,6-8,17H2,1-5H3. The predicted octanol–water partition coefficient (Wildman–Crippen LogP) is 3.41. The van der Waals surface area contributed by atoms with Crippen LogP contribution in [0.4, 0.5) is 0 Å². The molecule has 0 amide bonds. The van der Waals surface area contributed by atoms with Gasteiger partial charge >= 0.3 is 0 Å². The van der Waals surface area contributed by atoms with Gasteiger partial charge in [-0.2, -0.15) is 0 Å². The molecule has 0 aliphatic carbocycles. The van der Waals surface area contributed by atoms with Crippen LogP contribution < -0.4 is 5.73 Å². The average molecular weight is 247 g/mol. The second-order valence-electron chi connectivity index (χ2n) is 5.62. The van der Waals surface area contributed by atoms with E-state index in [2.05, 4.69) is 34.6 Å². The Morgan fingerprint density at radius 2 is 1.44 bits per heavy atom. The first kappa shape index (κ1) is 13.6. The first-order valence-corrected chi connectivity index (χ1v) is 6.89. The van der Waals surface area contributed by atoms with Crippen molar-refractivity contribution < 1.29 is 4.74 Å². The Labute approximate surface area is 111 Å². The van der Waals surface area contributed by atoms with Gasteiger partial charge in [0.05, 0.1) is 12.1 Å². The summed E-state index contributed by atoms with van der Waals surface area (Å²) in [7, 11) is 0. The molecule has 0 bridgehead atoms. The summed E-state index contributed by atoms with van der Waals surface area (Å²) < 4.78 is 5.76. The van der Waals surface area contributed by atoms with Gasteiger partial charge in [-0.05, 0) is 80.8 Å². The third-order valence-corrected chi connectivity index (χ3v) is 4.76. The highest BCUT2D eigenvalue weighted by atomic mass is 16.5. The minimum Gasteiger partial charge on any atom is -0.376 e. The highest BCUT2D eigenvalue weighted by Gasteiger charge is 2.27. The molecule has 0 saturated carbocycles. The van der Waals surface area contributed by atoms with Crippen LogP contribution in [0.5, 0.6) is 0 Å². The topological polar surface area (TPSA) is 35.2 Å². The lowest BCUT2D eigenvalue weighted by Crippen LogP contribution is -2.27. The van der Waals surface area contributed by atoms with Crippen molar-refractivity contribution in [2.45, 2.75) is 59.6 Å². The third kappa shape index (κ3) is 2.08. The van der Waals surface area contributed by atoms with E-state index >= 15 is 0 Å². The molecule has 1 saturated heterocycles. The molecule has 2 atom stereocenters. The van der Waals surface area contributed by atoms with Crippen molar-refractivity contribution in [3.63, 3.8) is 0 Å². The molecule has 2 nitrogen and oxygen atoms in total. The molecule has 1 aromatic carbocycles. The number of hydrogen-bond acceptors (Lipinski definition) is 2. The van der Waals surface area contributed by atoms with Crippen molar-refractivity contribution in [3.8, 4) is 0 Å². The molecule has 100 valence electrons. The number of rotatable bonds is 2. The highest BCUT2D eigenvalue weighted by Crippen LogP contribution is 2.33. The van der Waals surface area contributed by atoms with Crippen molar-refractivity contribution in [1.82, 2.24) is 0 Å². The number of benzene rings is 1. The Morgan fingerprint density at radius 1 is 0.944 bits per heavy atom. The lowest BCUT2D eigenvalue weighted by Gasteiger charge is -2.26. The Kier molecular flexibility index (Phi) is 3.79. The van der Waals surface area contributed by atoms with E-state index < -0.39 is 0 Å². The molecule has 2 heteroatoms. The highest BCUT2D eigenvalue weighted by molar-refractivity contribution is 5.50.